The topological polar surface area (TPSA) is 55.4 Å². The fraction of sp³-hybridized carbons (Fsp3) is 0.0769. The van der Waals surface area contributed by atoms with E-state index in [0.29, 0.717) is 33.8 Å². The fourth-order valence-corrected chi connectivity index (χ4v) is 3.44. The molecule has 4 nitrogen and oxygen atoms in total. The van der Waals surface area contributed by atoms with E-state index in [2.05, 4.69) is 17.2 Å². The van der Waals surface area contributed by atoms with Crippen LogP contribution in [0.15, 0.2) is 72.3 Å². The summed E-state index contributed by atoms with van der Waals surface area (Å²) in [7, 11) is 1.63. The molecule has 1 aliphatic rings. The van der Waals surface area contributed by atoms with Gasteiger partial charge in [-0.1, -0.05) is 47.7 Å². The van der Waals surface area contributed by atoms with Gasteiger partial charge in [0.1, 0.15) is 5.75 Å². The molecule has 3 aromatic rings. The number of hydrogen-bond donors (Lipinski definition) is 1. The second-order valence-electron chi connectivity index (χ2n) is 6.98. The minimum Gasteiger partial charge on any atom is -0.497 e. The lowest BCUT2D eigenvalue weighted by atomic mass is 9.94. The highest BCUT2D eigenvalue weighted by molar-refractivity contribution is 6.36. The average molecular weight is 428 g/mol. The number of amides is 1. The average Bonchev–Trinajstić information content (AvgIpc) is 2.77. The Kier molecular flexibility index (Phi) is 5.88. The van der Waals surface area contributed by atoms with Gasteiger partial charge >= 0.3 is 0 Å². The monoisotopic (exact) mass is 427 g/mol. The summed E-state index contributed by atoms with van der Waals surface area (Å²) < 4.78 is 5.16. The second-order valence-corrected chi connectivity index (χ2v) is 7.42. The minimum atomic E-state index is -0.434. The number of benzene rings is 3. The molecule has 0 saturated heterocycles. The summed E-state index contributed by atoms with van der Waals surface area (Å²) in [6.07, 6.45) is 2.13. The van der Waals surface area contributed by atoms with Gasteiger partial charge in [-0.25, -0.2) is 0 Å². The van der Waals surface area contributed by atoms with Crippen molar-refractivity contribution in [3.05, 3.63) is 99.6 Å². The van der Waals surface area contributed by atoms with Crippen molar-refractivity contribution >= 4 is 35.1 Å². The van der Waals surface area contributed by atoms with E-state index in [-0.39, 0.29) is 11.4 Å². The van der Waals surface area contributed by atoms with E-state index in [1.165, 1.54) is 0 Å². The van der Waals surface area contributed by atoms with Crippen LogP contribution in [0.3, 0.4) is 0 Å². The molecule has 1 aliphatic heterocycles. The third-order valence-electron chi connectivity index (χ3n) is 4.85. The largest absolute Gasteiger partial charge is 0.497 e. The molecule has 31 heavy (non-hydrogen) atoms. The van der Waals surface area contributed by atoms with Crippen LogP contribution in [-0.4, -0.2) is 18.8 Å². The second kappa shape index (κ2) is 8.91. The maximum Gasteiger partial charge on any atom is 0.259 e. The van der Waals surface area contributed by atoms with Crippen LogP contribution < -0.4 is 10.1 Å². The summed E-state index contributed by atoms with van der Waals surface area (Å²) in [6.45, 7) is 0. The van der Waals surface area contributed by atoms with Gasteiger partial charge in [-0.05, 0) is 59.7 Å². The zero-order valence-electron chi connectivity index (χ0n) is 16.7. The normalized spacial score (nSPS) is 13.8. The number of carbonyl (C=O) groups excluding carboxylic acids is 2. The predicted molar refractivity (Wildman–Crippen MR) is 122 cm³/mol. The molecule has 0 atom stereocenters. The summed E-state index contributed by atoms with van der Waals surface area (Å²) in [5, 5.41) is 3.31. The Morgan fingerprint density at radius 2 is 1.84 bits per heavy atom. The standard InChI is InChI=1S/C26H18ClNO3/c1-31-21-11-8-17(9-12-21)4-2-5-18-10-13-24-22(15-18)25(29)23(26(30)28-24)16-19-6-3-7-20(27)14-19/h3,6-16H,4H2,1H3,(H,28,30). The number of rotatable bonds is 3. The van der Waals surface area contributed by atoms with Crippen molar-refractivity contribution in [2.24, 2.45) is 0 Å². The molecule has 0 aromatic heterocycles. The van der Waals surface area contributed by atoms with Gasteiger partial charge in [-0.15, -0.1) is 0 Å². The van der Waals surface area contributed by atoms with Crippen LogP contribution in [0.25, 0.3) is 6.08 Å². The van der Waals surface area contributed by atoms with E-state index in [9.17, 15) is 9.59 Å². The van der Waals surface area contributed by atoms with Crippen molar-refractivity contribution < 1.29 is 14.3 Å². The first-order chi connectivity index (χ1) is 15.0. The van der Waals surface area contributed by atoms with E-state index in [0.717, 1.165) is 11.3 Å². The van der Waals surface area contributed by atoms with Gasteiger partial charge in [0.25, 0.3) is 5.91 Å². The summed E-state index contributed by atoms with van der Waals surface area (Å²) in [6, 6.07) is 19.9. The molecule has 1 heterocycles. The molecule has 0 fully saturated rings. The number of nitrogens with one attached hydrogen (secondary N) is 1. The van der Waals surface area contributed by atoms with Gasteiger partial charge in [-0.3, -0.25) is 9.59 Å². The van der Waals surface area contributed by atoms with E-state index >= 15 is 0 Å². The van der Waals surface area contributed by atoms with Crippen molar-refractivity contribution in [2.75, 3.05) is 12.4 Å². The van der Waals surface area contributed by atoms with Gasteiger partial charge in [-0.2, -0.15) is 0 Å². The zero-order valence-corrected chi connectivity index (χ0v) is 17.5. The van der Waals surface area contributed by atoms with Crippen molar-refractivity contribution in [1.29, 1.82) is 0 Å². The summed E-state index contributed by atoms with van der Waals surface area (Å²) >= 11 is 6.01. The first-order valence-corrected chi connectivity index (χ1v) is 10.0. The molecular formula is C26H18ClNO3. The Balaban J connectivity index is 1.58. The summed E-state index contributed by atoms with van der Waals surface area (Å²) in [4.78, 5) is 25.4. The maximum absolute atomic E-state index is 13.0. The number of anilines is 1. The van der Waals surface area contributed by atoms with Crippen LogP contribution in [0.5, 0.6) is 5.75 Å². The van der Waals surface area contributed by atoms with Gasteiger partial charge in [0.2, 0.25) is 5.78 Å². The van der Waals surface area contributed by atoms with E-state index in [1.54, 1.807) is 55.7 Å². The Morgan fingerprint density at radius 1 is 1.03 bits per heavy atom. The zero-order chi connectivity index (χ0) is 21.8. The number of methoxy groups -OCH3 is 1. The Hall–Kier alpha value is -3.81. The number of ketones is 1. The van der Waals surface area contributed by atoms with Gasteiger partial charge in [0, 0.05) is 22.6 Å². The SMILES string of the molecule is COc1ccc(CC#Cc2ccc3c(c2)C(=O)C(=Cc2cccc(Cl)c2)C(=O)N3)cc1. The molecule has 152 valence electrons. The van der Waals surface area contributed by atoms with Gasteiger partial charge < -0.3 is 10.1 Å². The number of Topliss-reactive ketones (excluding diaryl/α,β-unsaturated/α-hetero) is 1. The maximum atomic E-state index is 13.0. The molecule has 0 bridgehead atoms. The molecule has 3 aromatic carbocycles. The fourth-order valence-electron chi connectivity index (χ4n) is 3.24. The highest BCUT2D eigenvalue weighted by atomic mass is 35.5. The lowest BCUT2D eigenvalue weighted by molar-refractivity contribution is -0.112. The van der Waals surface area contributed by atoms with Crippen LogP contribution in [0.2, 0.25) is 5.02 Å². The molecule has 0 spiro atoms. The first-order valence-electron chi connectivity index (χ1n) is 9.62. The van der Waals surface area contributed by atoms with Crippen LogP contribution in [0.4, 0.5) is 5.69 Å². The van der Waals surface area contributed by atoms with E-state index < -0.39 is 5.91 Å². The van der Waals surface area contributed by atoms with E-state index in [1.807, 2.05) is 24.3 Å². The Labute approximate surface area is 185 Å². The quantitative estimate of drug-likeness (QED) is 0.357. The highest BCUT2D eigenvalue weighted by Crippen LogP contribution is 2.28. The molecule has 0 radical (unpaired) electrons. The van der Waals surface area contributed by atoms with Gasteiger partial charge in [0.15, 0.2) is 0 Å². The summed E-state index contributed by atoms with van der Waals surface area (Å²) in [5.41, 5.74) is 3.44. The number of fused-ring (bicyclic) bond motifs is 1. The van der Waals surface area contributed by atoms with Crippen molar-refractivity contribution in [1.82, 2.24) is 0 Å². The van der Waals surface area contributed by atoms with Crippen LogP contribution >= 0.6 is 11.6 Å². The molecule has 0 aliphatic carbocycles. The number of halogens is 1. The molecule has 5 heteroatoms. The molecule has 0 saturated carbocycles. The molecule has 1 N–H and O–H groups in total. The highest BCUT2D eigenvalue weighted by Gasteiger charge is 2.28. The van der Waals surface area contributed by atoms with Crippen LogP contribution in [0.1, 0.15) is 27.0 Å². The number of hydrogen-bond acceptors (Lipinski definition) is 3. The minimum absolute atomic E-state index is 0.0677. The third kappa shape index (κ3) is 4.69. The number of carbonyl (C=O) groups is 2. The summed E-state index contributed by atoms with van der Waals surface area (Å²) in [5.74, 6) is 6.25. The Morgan fingerprint density at radius 3 is 2.58 bits per heavy atom. The molecule has 0 unspecified atom stereocenters. The molecule has 1 amide bonds. The predicted octanol–water partition coefficient (Wildman–Crippen LogP) is 5.16. The molecular weight excluding hydrogens is 410 g/mol. The van der Waals surface area contributed by atoms with Crippen LogP contribution in [0, 0.1) is 11.8 Å². The van der Waals surface area contributed by atoms with Crippen molar-refractivity contribution in [3.63, 3.8) is 0 Å². The van der Waals surface area contributed by atoms with Crippen LogP contribution in [-0.2, 0) is 11.2 Å². The van der Waals surface area contributed by atoms with Gasteiger partial charge in [0.05, 0.1) is 18.4 Å². The lowest BCUT2D eigenvalue weighted by Gasteiger charge is -2.18. The first kappa shape index (κ1) is 20.5. The van der Waals surface area contributed by atoms with Crippen molar-refractivity contribution in [2.45, 2.75) is 6.42 Å². The smallest absolute Gasteiger partial charge is 0.259 e. The van der Waals surface area contributed by atoms with E-state index in [4.69, 9.17) is 16.3 Å². The lowest BCUT2D eigenvalue weighted by Crippen LogP contribution is -2.27. The Bertz CT molecular complexity index is 1260. The number of ether oxygens (including phenoxy) is 1. The third-order valence-corrected chi connectivity index (χ3v) is 5.08. The molecule has 4 rings (SSSR count). The van der Waals surface area contributed by atoms with Crippen molar-refractivity contribution in [3.8, 4) is 17.6 Å².